The fraction of sp³-hybridized carbons (Fsp3) is 0.190. The van der Waals surface area contributed by atoms with E-state index in [1.54, 1.807) is 24.3 Å². The number of nitrogens with zero attached hydrogens (tertiary/aromatic N) is 1. The van der Waals surface area contributed by atoms with Crippen LogP contribution in [0.25, 0.3) is 0 Å². The smallest absolute Gasteiger partial charge is 0.338 e. The van der Waals surface area contributed by atoms with Gasteiger partial charge in [-0.25, -0.2) is 18.0 Å². The van der Waals surface area contributed by atoms with E-state index in [4.69, 9.17) is 9.47 Å². The molecule has 0 spiro atoms. The number of sulfonamides is 1. The largest absolute Gasteiger partial charge is 0.497 e. The Labute approximate surface area is 185 Å². The van der Waals surface area contributed by atoms with Gasteiger partial charge in [0.2, 0.25) is 0 Å². The first-order valence-corrected chi connectivity index (χ1v) is 10.7. The summed E-state index contributed by atoms with van der Waals surface area (Å²) in [6.07, 6.45) is 1.43. The van der Waals surface area contributed by atoms with Crippen molar-refractivity contribution in [1.29, 1.82) is 0 Å². The molecule has 0 saturated heterocycles. The average Bonchev–Trinajstić information content (AvgIpc) is 2.80. The first-order valence-electron chi connectivity index (χ1n) is 9.27. The molecule has 170 valence electrons. The van der Waals surface area contributed by atoms with Crippen LogP contribution in [0.4, 0.5) is 10.5 Å². The molecule has 0 atom stereocenters. The Balaban J connectivity index is 2.07. The minimum atomic E-state index is -3.98. The van der Waals surface area contributed by atoms with E-state index in [2.05, 4.69) is 11.9 Å². The van der Waals surface area contributed by atoms with Crippen LogP contribution in [0.2, 0.25) is 0 Å². The van der Waals surface area contributed by atoms with Crippen molar-refractivity contribution in [3.8, 4) is 5.75 Å². The van der Waals surface area contributed by atoms with E-state index >= 15 is 0 Å². The maximum Gasteiger partial charge on any atom is 0.338 e. The van der Waals surface area contributed by atoms with Crippen LogP contribution in [0.5, 0.6) is 5.75 Å². The molecule has 2 aromatic rings. The number of rotatable bonds is 9. The number of hydrogen-bond acceptors (Lipinski definition) is 7. The molecule has 0 unspecified atom stereocenters. The molecule has 0 heterocycles. The second-order valence-corrected chi connectivity index (χ2v) is 8.29. The van der Waals surface area contributed by atoms with Gasteiger partial charge in [0.05, 0.1) is 23.3 Å². The van der Waals surface area contributed by atoms with Crippen molar-refractivity contribution < 1.29 is 32.3 Å². The highest BCUT2D eigenvalue weighted by atomic mass is 32.2. The second kappa shape index (κ2) is 11.0. The fourth-order valence-corrected chi connectivity index (χ4v) is 3.70. The highest BCUT2D eigenvalue weighted by molar-refractivity contribution is 7.92. The summed E-state index contributed by atoms with van der Waals surface area (Å²) in [7, 11) is -1.10. The van der Waals surface area contributed by atoms with Gasteiger partial charge in [0.1, 0.15) is 5.75 Å². The first-order chi connectivity index (χ1) is 15.2. The second-order valence-electron chi connectivity index (χ2n) is 6.32. The van der Waals surface area contributed by atoms with Crippen LogP contribution >= 0.6 is 0 Å². The molecule has 0 fully saturated rings. The zero-order chi connectivity index (χ0) is 23.7. The van der Waals surface area contributed by atoms with Gasteiger partial charge in [0.25, 0.3) is 15.9 Å². The number of methoxy groups -OCH3 is 1. The first kappa shape index (κ1) is 24.4. The molecule has 0 aliphatic carbocycles. The van der Waals surface area contributed by atoms with E-state index < -0.39 is 34.5 Å². The highest BCUT2D eigenvalue weighted by Crippen LogP contribution is 2.24. The Morgan fingerprint density at radius 1 is 1.12 bits per heavy atom. The lowest BCUT2D eigenvalue weighted by atomic mass is 10.2. The Morgan fingerprint density at radius 3 is 2.44 bits per heavy atom. The summed E-state index contributed by atoms with van der Waals surface area (Å²) in [6, 6.07) is 10.9. The molecule has 0 aliphatic heterocycles. The lowest BCUT2D eigenvalue weighted by Gasteiger charge is -2.20. The number of anilines is 1. The van der Waals surface area contributed by atoms with Gasteiger partial charge in [0, 0.05) is 13.6 Å². The van der Waals surface area contributed by atoms with Crippen molar-refractivity contribution in [3.63, 3.8) is 0 Å². The number of imide groups is 1. The number of carbonyl (C=O) groups excluding carboxylic acids is 3. The Bertz CT molecular complexity index is 1100. The van der Waals surface area contributed by atoms with Crippen molar-refractivity contribution in [2.45, 2.75) is 4.90 Å². The van der Waals surface area contributed by atoms with Crippen LogP contribution in [0.15, 0.2) is 66.1 Å². The number of ether oxygens (including phenoxy) is 2. The number of esters is 1. The van der Waals surface area contributed by atoms with E-state index in [1.165, 1.54) is 38.4 Å². The average molecular weight is 461 g/mol. The van der Waals surface area contributed by atoms with Crippen LogP contribution in [0.1, 0.15) is 10.4 Å². The Morgan fingerprint density at radius 2 is 1.81 bits per heavy atom. The standard InChI is InChI=1S/C21H23N3O7S/c1-4-12-22-21(27)23-19(25)14-31-20(26)15-6-5-7-18(13-15)32(28,29)24(2)16-8-10-17(30-3)11-9-16/h4-11,13H,1,12,14H2,2-3H3,(H2,22,23,25,27). The zero-order valence-corrected chi connectivity index (χ0v) is 18.3. The van der Waals surface area contributed by atoms with E-state index in [0.717, 1.165) is 10.4 Å². The normalized spacial score (nSPS) is 10.6. The van der Waals surface area contributed by atoms with E-state index in [0.29, 0.717) is 11.4 Å². The molecule has 10 nitrogen and oxygen atoms in total. The predicted molar refractivity (Wildman–Crippen MR) is 117 cm³/mol. The molecule has 0 saturated carbocycles. The Hall–Kier alpha value is -3.86. The molecule has 2 N–H and O–H groups in total. The van der Waals surface area contributed by atoms with Gasteiger partial charge in [-0.1, -0.05) is 12.1 Å². The van der Waals surface area contributed by atoms with Gasteiger partial charge in [0.15, 0.2) is 6.61 Å². The van der Waals surface area contributed by atoms with Crippen LogP contribution in [0.3, 0.4) is 0 Å². The number of nitrogens with one attached hydrogen (secondary N) is 2. The molecule has 32 heavy (non-hydrogen) atoms. The summed E-state index contributed by atoms with van der Waals surface area (Å²) in [5, 5.41) is 4.30. The highest BCUT2D eigenvalue weighted by Gasteiger charge is 2.23. The summed E-state index contributed by atoms with van der Waals surface area (Å²) < 4.78 is 36.9. The maximum atomic E-state index is 13.0. The summed E-state index contributed by atoms with van der Waals surface area (Å²) in [5.41, 5.74) is 0.322. The van der Waals surface area contributed by atoms with Gasteiger partial charge in [-0.05, 0) is 42.5 Å². The summed E-state index contributed by atoms with van der Waals surface area (Å²) in [4.78, 5) is 35.2. The van der Waals surface area contributed by atoms with Crippen LogP contribution in [-0.2, 0) is 19.6 Å². The number of carbonyl (C=O) groups is 3. The topological polar surface area (TPSA) is 131 Å². The number of benzene rings is 2. The molecule has 3 amide bonds. The van der Waals surface area contributed by atoms with Gasteiger partial charge in [-0.3, -0.25) is 14.4 Å². The summed E-state index contributed by atoms with van der Waals surface area (Å²) in [5.74, 6) is -1.19. The van der Waals surface area contributed by atoms with Gasteiger partial charge >= 0.3 is 12.0 Å². The minimum absolute atomic E-state index is 0.0712. The van der Waals surface area contributed by atoms with Crippen molar-refractivity contribution in [3.05, 3.63) is 66.7 Å². The molecule has 2 rings (SSSR count). The van der Waals surface area contributed by atoms with Crippen LogP contribution in [0, 0.1) is 0 Å². The molecule has 0 radical (unpaired) electrons. The zero-order valence-electron chi connectivity index (χ0n) is 17.5. The molecular formula is C21H23N3O7S. The third-order valence-electron chi connectivity index (χ3n) is 4.16. The maximum absolute atomic E-state index is 13.0. The number of amides is 3. The minimum Gasteiger partial charge on any atom is -0.497 e. The third kappa shape index (κ3) is 6.32. The molecule has 11 heteroatoms. The van der Waals surface area contributed by atoms with Crippen molar-refractivity contribution in [2.75, 3.05) is 31.6 Å². The van der Waals surface area contributed by atoms with Gasteiger partial charge in [-0.2, -0.15) is 0 Å². The summed E-state index contributed by atoms with van der Waals surface area (Å²) in [6.45, 7) is 2.86. The van der Waals surface area contributed by atoms with Gasteiger partial charge in [-0.15, -0.1) is 6.58 Å². The van der Waals surface area contributed by atoms with Gasteiger partial charge < -0.3 is 14.8 Å². The predicted octanol–water partition coefficient (Wildman–Crippen LogP) is 1.69. The van der Waals surface area contributed by atoms with E-state index in [-0.39, 0.29) is 17.0 Å². The fourth-order valence-electron chi connectivity index (χ4n) is 2.46. The molecule has 2 aromatic carbocycles. The lowest BCUT2D eigenvalue weighted by molar-refractivity contribution is -0.123. The summed E-state index contributed by atoms with van der Waals surface area (Å²) >= 11 is 0. The molecule has 0 aliphatic rings. The van der Waals surface area contributed by atoms with E-state index in [1.807, 2.05) is 5.32 Å². The number of hydrogen-bond donors (Lipinski definition) is 2. The van der Waals surface area contributed by atoms with Crippen LogP contribution < -0.4 is 19.7 Å². The van der Waals surface area contributed by atoms with E-state index in [9.17, 15) is 22.8 Å². The van der Waals surface area contributed by atoms with Crippen molar-refractivity contribution in [2.24, 2.45) is 0 Å². The van der Waals surface area contributed by atoms with Crippen molar-refractivity contribution >= 4 is 33.6 Å². The SMILES string of the molecule is C=CCNC(=O)NC(=O)COC(=O)c1cccc(S(=O)(=O)N(C)c2ccc(OC)cc2)c1. The molecule has 0 aromatic heterocycles. The Kier molecular flexibility index (Phi) is 8.36. The number of urea groups is 1. The molecule has 0 bridgehead atoms. The molecular weight excluding hydrogens is 438 g/mol. The monoisotopic (exact) mass is 461 g/mol. The van der Waals surface area contributed by atoms with Crippen LogP contribution in [-0.4, -0.2) is 53.6 Å². The van der Waals surface area contributed by atoms with Crippen molar-refractivity contribution in [1.82, 2.24) is 10.6 Å². The lowest BCUT2D eigenvalue weighted by Crippen LogP contribution is -2.41. The quantitative estimate of drug-likeness (QED) is 0.429. The third-order valence-corrected chi connectivity index (χ3v) is 5.94.